The monoisotopic (exact) mass is 236 g/mol. The molecule has 0 unspecified atom stereocenters. The molecule has 0 atom stereocenters. The lowest BCUT2D eigenvalue weighted by molar-refractivity contribution is 0.288. The maximum atomic E-state index is 9.83. The second kappa shape index (κ2) is 5.44. The minimum atomic E-state index is -0.0680. The molecule has 0 bridgehead atoms. The lowest BCUT2D eigenvalue weighted by Crippen LogP contribution is -2.11. The van der Waals surface area contributed by atoms with Crippen molar-refractivity contribution in [3.05, 3.63) is 23.8 Å². The molecule has 1 N–H and O–H groups in total. The van der Waals surface area contributed by atoms with E-state index in [-0.39, 0.29) is 5.41 Å². The Labute approximate surface area is 105 Å². The van der Waals surface area contributed by atoms with Crippen molar-refractivity contribution in [2.45, 2.75) is 46.5 Å². The summed E-state index contributed by atoms with van der Waals surface area (Å²) in [5.74, 6) is 1.83. The van der Waals surface area contributed by atoms with E-state index in [1.54, 1.807) is 6.07 Å². The summed E-state index contributed by atoms with van der Waals surface area (Å²) >= 11 is 0. The summed E-state index contributed by atoms with van der Waals surface area (Å²) in [6.07, 6.45) is 1.05. The van der Waals surface area contributed by atoms with Gasteiger partial charge in [0, 0.05) is 5.56 Å². The first kappa shape index (κ1) is 13.9. The highest BCUT2D eigenvalue weighted by Gasteiger charge is 2.18. The average molecular weight is 236 g/mol. The Morgan fingerprint density at radius 3 is 2.41 bits per heavy atom. The van der Waals surface area contributed by atoms with Crippen LogP contribution in [0.15, 0.2) is 18.2 Å². The van der Waals surface area contributed by atoms with Crippen molar-refractivity contribution in [3.8, 4) is 11.5 Å². The molecule has 0 aromatic heterocycles. The van der Waals surface area contributed by atoms with Gasteiger partial charge in [0.2, 0.25) is 0 Å². The van der Waals surface area contributed by atoms with Gasteiger partial charge in [-0.2, -0.15) is 0 Å². The fourth-order valence-corrected chi connectivity index (χ4v) is 1.62. The van der Waals surface area contributed by atoms with E-state index in [0.717, 1.165) is 24.3 Å². The highest BCUT2D eigenvalue weighted by Crippen LogP contribution is 2.33. The molecule has 0 saturated carbocycles. The van der Waals surface area contributed by atoms with Crippen LogP contribution in [-0.4, -0.2) is 11.7 Å². The van der Waals surface area contributed by atoms with Crippen molar-refractivity contribution in [2.75, 3.05) is 6.61 Å². The van der Waals surface area contributed by atoms with Crippen molar-refractivity contribution in [1.82, 2.24) is 0 Å². The summed E-state index contributed by atoms with van der Waals surface area (Å²) < 4.78 is 5.70. The first-order chi connectivity index (χ1) is 7.80. The van der Waals surface area contributed by atoms with E-state index in [0.29, 0.717) is 11.7 Å². The van der Waals surface area contributed by atoms with Gasteiger partial charge in [-0.25, -0.2) is 0 Å². The molecule has 0 heterocycles. The minimum Gasteiger partial charge on any atom is -0.508 e. The van der Waals surface area contributed by atoms with Crippen molar-refractivity contribution in [3.63, 3.8) is 0 Å². The number of benzene rings is 1. The van der Waals surface area contributed by atoms with Crippen LogP contribution in [0.25, 0.3) is 0 Å². The van der Waals surface area contributed by atoms with Crippen LogP contribution in [0.1, 0.15) is 46.6 Å². The number of phenols is 1. The third-order valence-electron chi connectivity index (χ3n) is 2.74. The molecule has 0 saturated heterocycles. The summed E-state index contributed by atoms with van der Waals surface area (Å²) in [6.45, 7) is 11.3. The molecule has 17 heavy (non-hydrogen) atoms. The zero-order valence-electron chi connectivity index (χ0n) is 11.6. The number of ether oxygens (including phenoxy) is 1. The van der Waals surface area contributed by atoms with Crippen molar-refractivity contribution < 1.29 is 9.84 Å². The fraction of sp³-hybridized carbons (Fsp3) is 0.600. The largest absolute Gasteiger partial charge is 0.508 e. The van der Waals surface area contributed by atoms with Gasteiger partial charge in [-0.05, 0) is 36.0 Å². The molecule has 0 amide bonds. The molecule has 1 aromatic carbocycles. The lowest BCUT2D eigenvalue weighted by atomic mass is 9.86. The Balaban J connectivity index is 2.76. The Hall–Kier alpha value is -1.18. The fourth-order valence-electron chi connectivity index (χ4n) is 1.62. The van der Waals surface area contributed by atoms with Crippen molar-refractivity contribution in [1.29, 1.82) is 0 Å². The lowest BCUT2D eigenvalue weighted by Gasteiger charge is -2.21. The van der Waals surface area contributed by atoms with Gasteiger partial charge >= 0.3 is 0 Å². The molecule has 2 nitrogen and oxygen atoms in total. The molecule has 2 heteroatoms. The number of phenolic OH excluding ortho intramolecular Hbond substituents is 1. The van der Waals surface area contributed by atoms with Crippen LogP contribution in [0.3, 0.4) is 0 Å². The minimum absolute atomic E-state index is 0.0680. The molecule has 96 valence electrons. The number of aromatic hydroxyl groups is 1. The van der Waals surface area contributed by atoms with E-state index >= 15 is 0 Å². The van der Waals surface area contributed by atoms with Gasteiger partial charge in [-0.1, -0.05) is 34.6 Å². The van der Waals surface area contributed by atoms with Crippen LogP contribution in [0.4, 0.5) is 0 Å². The summed E-state index contributed by atoms with van der Waals surface area (Å²) in [6, 6.07) is 5.48. The van der Waals surface area contributed by atoms with Gasteiger partial charge < -0.3 is 9.84 Å². The maximum absolute atomic E-state index is 9.83. The molecule has 0 aliphatic heterocycles. The molecule has 0 aliphatic carbocycles. The van der Waals surface area contributed by atoms with E-state index in [9.17, 15) is 5.11 Å². The van der Waals surface area contributed by atoms with E-state index in [4.69, 9.17) is 4.74 Å². The van der Waals surface area contributed by atoms with Crippen LogP contribution < -0.4 is 4.74 Å². The summed E-state index contributed by atoms with van der Waals surface area (Å²) in [7, 11) is 0. The zero-order valence-corrected chi connectivity index (χ0v) is 11.6. The van der Waals surface area contributed by atoms with Gasteiger partial charge in [-0.15, -0.1) is 0 Å². The third-order valence-corrected chi connectivity index (χ3v) is 2.74. The number of hydrogen-bond acceptors (Lipinski definition) is 2. The first-order valence-corrected chi connectivity index (χ1v) is 6.27. The van der Waals surface area contributed by atoms with Gasteiger partial charge in [0.15, 0.2) is 0 Å². The second-order valence-electron chi connectivity index (χ2n) is 5.96. The molecular weight excluding hydrogens is 212 g/mol. The normalized spacial score (nSPS) is 11.9. The van der Waals surface area contributed by atoms with Crippen LogP contribution in [0.5, 0.6) is 11.5 Å². The second-order valence-corrected chi connectivity index (χ2v) is 5.96. The molecular formula is C15H24O2. The standard InChI is InChI=1S/C15H24O2/c1-11(2)8-9-17-12-6-7-14(16)13(10-12)15(3,4)5/h6-7,10-11,16H,8-9H2,1-5H3. The Bertz CT molecular complexity index is 362. The van der Waals surface area contributed by atoms with Crippen LogP contribution in [0, 0.1) is 5.92 Å². The molecule has 0 spiro atoms. The van der Waals surface area contributed by atoms with Gasteiger partial charge in [0.1, 0.15) is 11.5 Å². The quantitative estimate of drug-likeness (QED) is 0.852. The van der Waals surface area contributed by atoms with E-state index in [1.807, 2.05) is 12.1 Å². The summed E-state index contributed by atoms with van der Waals surface area (Å²) in [5.41, 5.74) is 0.862. The van der Waals surface area contributed by atoms with E-state index < -0.39 is 0 Å². The summed E-state index contributed by atoms with van der Waals surface area (Å²) in [5, 5.41) is 9.83. The van der Waals surface area contributed by atoms with Gasteiger partial charge in [0.25, 0.3) is 0 Å². The van der Waals surface area contributed by atoms with E-state index in [2.05, 4.69) is 34.6 Å². The predicted octanol–water partition coefficient (Wildman–Crippen LogP) is 4.11. The summed E-state index contributed by atoms with van der Waals surface area (Å²) in [4.78, 5) is 0. The molecule has 0 fully saturated rings. The Kier molecular flexibility index (Phi) is 4.44. The highest BCUT2D eigenvalue weighted by atomic mass is 16.5. The smallest absolute Gasteiger partial charge is 0.119 e. The Morgan fingerprint density at radius 1 is 1.24 bits per heavy atom. The van der Waals surface area contributed by atoms with Gasteiger partial charge in [0.05, 0.1) is 6.61 Å². The van der Waals surface area contributed by atoms with E-state index in [1.165, 1.54) is 0 Å². The maximum Gasteiger partial charge on any atom is 0.119 e. The van der Waals surface area contributed by atoms with Crippen LogP contribution in [0.2, 0.25) is 0 Å². The predicted molar refractivity (Wildman–Crippen MR) is 71.8 cm³/mol. The highest BCUT2D eigenvalue weighted by molar-refractivity contribution is 5.43. The molecule has 0 aliphatic rings. The van der Waals surface area contributed by atoms with Crippen molar-refractivity contribution >= 4 is 0 Å². The number of rotatable bonds is 4. The van der Waals surface area contributed by atoms with Crippen LogP contribution >= 0.6 is 0 Å². The first-order valence-electron chi connectivity index (χ1n) is 6.27. The van der Waals surface area contributed by atoms with Gasteiger partial charge in [-0.3, -0.25) is 0 Å². The molecule has 1 aromatic rings. The molecule has 1 rings (SSSR count). The zero-order chi connectivity index (χ0) is 13.1. The topological polar surface area (TPSA) is 29.5 Å². The van der Waals surface area contributed by atoms with Crippen LogP contribution in [-0.2, 0) is 5.41 Å². The van der Waals surface area contributed by atoms with Crippen molar-refractivity contribution in [2.24, 2.45) is 5.92 Å². The third kappa shape index (κ3) is 4.29. The Morgan fingerprint density at radius 2 is 1.88 bits per heavy atom. The average Bonchev–Trinajstić information content (AvgIpc) is 2.18. The molecule has 0 radical (unpaired) electrons. The number of hydrogen-bond donors (Lipinski definition) is 1. The SMILES string of the molecule is CC(C)CCOc1ccc(O)c(C(C)(C)C)c1.